The highest BCUT2D eigenvalue weighted by atomic mass is 16.5. The summed E-state index contributed by atoms with van der Waals surface area (Å²) in [6.45, 7) is 5.25. The number of carboxylic acid groups (broad SMARTS) is 1. The first-order valence-corrected chi connectivity index (χ1v) is 13.5. The van der Waals surface area contributed by atoms with Crippen LogP contribution in [-0.2, 0) is 25.7 Å². The third-order valence-corrected chi connectivity index (χ3v) is 7.67. The van der Waals surface area contributed by atoms with Crippen LogP contribution in [-0.4, -0.2) is 48.4 Å². The summed E-state index contributed by atoms with van der Waals surface area (Å²) in [5, 5.41) is 15.0. The Morgan fingerprint density at radius 3 is 2.08 bits per heavy atom. The Labute approximate surface area is 234 Å². The first-order valence-electron chi connectivity index (χ1n) is 13.5. The molecule has 3 aromatic rings. The maximum atomic E-state index is 13.3. The van der Waals surface area contributed by atoms with Crippen LogP contribution in [0, 0.1) is 5.41 Å². The molecule has 0 spiro atoms. The highest BCUT2D eigenvalue weighted by Gasteiger charge is 2.35. The van der Waals surface area contributed by atoms with Gasteiger partial charge in [0.2, 0.25) is 5.91 Å². The lowest BCUT2D eigenvalue weighted by Crippen LogP contribution is -2.55. The maximum Gasteiger partial charge on any atom is 0.407 e. The number of carboxylic acids is 1. The molecule has 0 aliphatic heterocycles. The smallest absolute Gasteiger partial charge is 0.407 e. The second kappa shape index (κ2) is 12.8. The van der Waals surface area contributed by atoms with E-state index in [2.05, 4.69) is 22.8 Å². The van der Waals surface area contributed by atoms with Gasteiger partial charge in [-0.25, -0.2) is 4.79 Å². The van der Waals surface area contributed by atoms with Crippen molar-refractivity contribution in [2.45, 2.75) is 51.9 Å². The molecule has 0 aromatic heterocycles. The molecule has 8 nitrogen and oxygen atoms in total. The topological polar surface area (TPSA) is 114 Å². The van der Waals surface area contributed by atoms with Crippen LogP contribution in [0.3, 0.4) is 0 Å². The minimum atomic E-state index is -1.14. The number of hydrogen-bond donors (Lipinski definition) is 3. The number of ether oxygens (including phenoxy) is 2. The van der Waals surface area contributed by atoms with Gasteiger partial charge in [0.05, 0.1) is 18.1 Å². The Bertz CT molecular complexity index is 1300. The van der Waals surface area contributed by atoms with Gasteiger partial charge in [-0.1, -0.05) is 85.8 Å². The number of benzene rings is 3. The number of alkyl carbamates (subject to hydrolysis) is 1. The summed E-state index contributed by atoms with van der Waals surface area (Å²) in [4.78, 5) is 38.0. The van der Waals surface area contributed by atoms with E-state index in [1.54, 1.807) is 20.8 Å². The largest absolute Gasteiger partial charge is 0.481 e. The molecule has 0 bridgehead atoms. The Kier molecular flexibility index (Phi) is 9.22. The van der Waals surface area contributed by atoms with Gasteiger partial charge >= 0.3 is 12.1 Å². The van der Waals surface area contributed by atoms with Crippen LogP contribution in [0.5, 0.6) is 0 Å². The first kappa shape index (κ1) is 28.8. The predicted octanol–water partition coefficient (Wildman–Crippen LogP) is 5.12. The molecule has 0 saturated heterocycles. The van der Waals surface area contributed by atoms with E-state index in [9.17, 15) is 19.5 Å². The molecular formula is C32H36N2O6. The molecule has 40 heavy (non-hydrogen) atoms. The third-order valence-electron chi connectivity index (χ3n) is 7.67. The predicted molar refractivity (Wildman–Crippen MR) is 152 cm³/mol. The number of carbonyl (C=O) groups excluding carboxylic acids is 2. The van der Waals surface area contributed by atoms with Crippen LogP contribution in [0.25, 0.3) is 11.1 Å². The van der Waals surface area contributed by atoms with E-state index in [0.29, 0.717) is 6.42 Å². The minimum absolute atomic E-state index is 0.0913. The van der Waals surface area contributed by atoms with Crippen molar-refractivity contribution in [3.63, 3.8) is 0 Å². The summed E-state index contributed by atoms with van der Waals surface area (Å²) in [7, 11) is 0. The standard InChI is InChI=1S/C32H36N2O6/c1-4-32(3,30(36)37)20-33-29(35)28(21(2)39-18-22-12-6-5-7-13-22)34-31(38)40-19-27-25-16-10-8-14-23(25)24-15-9-11-17-26(24)27/h5-17,21,27-28H,4,18-20H2,1-3H3,(H,33,35)(H,34,38)(H,36,37). The molecule has 3 aromatic carbocycles. The second-order valence-electron chi connectivity index (χ2n) is 10.4. The monoisotopic (exact) mass is 544 g/mol. The van der Waals surface area contributed by atoms with Crippen molar-refractivity contribution >= 4 is 18.0 Å². The van der Waals surface area contributed by atoms with Gasteiger partial charge < -0.3 is 25.2 Å². The molecule has 1 aliphatic rings. The van der Waals surface area contributed by atoms with Crippen LogP contribution in [0.4, 0.5) is 4.79 Å². The molecular weight excluding hydrogens is 508 g/mol. The lowest BCUT2D eigenvalue weighted by molar-refractivity contribution is -0.148. The Morgan fingerprint density at radius 2 is 1.50 bits per heavy atom. The molecule has 2 amide bonds. The van der Waals surface area contributed by atoms with Crippen LogP contribution in [0.1, 0.15) is 49.8 Å². The Morgan fingerprint density at radius 1 is 0.925 bits per heavy atom. The summed E-state index contributed by atoms with van der Waals surface area (Å²) in [6, 6.07) is 24.5. The number of fused-ring (bicyclic) bond motifs is 3. The van der Waals surface area contributed by atoms with E-state index in [1.807, 2.05) is 66.7 Å². The van der Waals surface area contributed by atoms with Crippen molar-refractivity contribution in [1.29, 1.82) is 0 Å². The van der Waals surface area contributed by atoms with E-state index in [1.165, 1.54) is 0 Å². The average molecular weight is 545 g/mol. The molecule has 8 heteroatoms. The molecule has 3 unspecified atom stereocenters. The molecule has 0 saturated carbocycles. The number of aliphatic carboxylic acids is 1. The van der Waals surface area contributed by atoms with Crippen LogP contribution in [0.2, 0.25) is 0 Å². The van der Waals surface area contributed by atoms with Gasteiger partial charge in [0.1, 0.15) is 12.6 Å². The molecule has 4 rings (SSSR count). The fraction of sp³-hybridized carbons (Fsp3) is 0.344. The molecule has 0 radical (unpaired) electrons. The number of hydrogen-bond acceptors (Lipinski definition) is 5. The zero-order valence-corrected chi connectivity index (χ0v) is 23.1. The number of nitrogens with one attached hydrogen (secondary N) is 2. The lowest BCUT2D eigenvalue weighted by atomic mass is 9.87. The molecule has 3 atom stereocenters. The lowest BCUT2D eigenvalue weighted by Gasteiger charge is -2.28. The van der Waals surface area contributed by atoms with E-state index in [-0.39, 0.29) is 25.7 Å². The highest BCUT2D eigenvalue weighted by molar-refractivity contribution is 5.87. The van der Waals surface area contributed by atoms with Crippen molar-refractivity contribution in [2.24, 2.45) is 5.41 Å². The molecule has 1 aliphatic carbocycles. The summed E-state index contributed by atoms with van der Waals surface area (Å²) >= 11 is 0. The van der Waals surface area contributed by atoms with Crippen molar-refractivity contribution < 1.29 is 29.0 Å². The van der Waals surface area contributed by atoms with Crippen molar-refractivity contribution in [2.75, 3.05) is 13.2 Å². The first-order chi connectivity index (χ1) is 19.2. The minimum Gasteiger partial charge on any atom is -0.481 e. The SMILES string of the molecule is CCC(C)(CNC(=O)C(NC(=O)OCC1c2ccccc2-c2ccccc21)C(C)OCc1ccccc1)C(=O)O. The van der Waals surface area contributed by atoms with Gasteiger partial charge in [-0.05, 0) is 48.1 Å². The maximum absolute atomic E-state index is 13.3. The third kappa shape index (κ3) is 6.51. The van der Waals surface area contributed by atoms with E-state index >= 15 is 0 Å². The zero-order valence-electron chi connectivity index (χ0n) is 23.1. The summed E-state index contributed by atoms with van der Waals surface area (Å²) in [5.74, 6) is -1.68. The van der Waals surface area contributed by atoms with Gasteiger partial charge in [0.25, 0.3) is 0 Å². The van der Waals surface area contributed by atoms with E-state index < -0.39 is 35.5 Å². The number of amides is 2. The van der Waals surface area contributed by atoms with Crippen LogP contribution >= 0.6 is 0 Å². The molecule has 210 valence electrons. The number of rotatable bonds is 12. The summed E-state index contributed by atoms with van der Waals surface area (Å²) in [5.41, 5.74) is 4.17. The van der Waals surface area contributed by atoms with Gasteiger partial charge in [-0.15, -0.1) is 0 Å². The highest BCUT2D eigenvalue weighted by Crippen LogP contribution is 2.44. The van der Waals surface area contributed by atoms with Crippen LogP contribution in [0.15, 0.2) is 78.9 Å². The molecule has 0 heterocycles. The van der Waals surface area contributed by atoms with Gasteiger partial charge in [0, 0.05) is 12.5 Å². The van der Waals surface area contributed by atoms with Crippen molar-refractivity contribution in [1.82, 2.24) is 10.6 Å². The fourth-order valence-corrected chi connectivity index (χ4v) is 4.81. The number of carbonyl (C=O) groups is 3. The van der Waals surface area contributed by atoms with Gasteiger partial charge in [0.15, 0.2) is 0 Å². The van der Waals surface area contributed by atoms with E-state index in [0.717, 1.165) is 27.8 Å². The van der Waals surface area contributed by atoms with Crippen molar-refractivity contribution in [3.05, 3.63) is 95.6 Å². The zero-order chi connectivity index (χ0) is 28.7. The summed E-state index contributed by atoms with van der Waals surface area (Å²) in [6.07, 6.45) is -1.15. The van der Waals surface area contributed by atoms with Crippen molar-refractivity contribution in [3.8, 4) is 11.1 Å². The fourth-order valence-electron chi connectivity index (χ4n) is 4.81. The quantitative estimate of drug-likeness (QED) is 0.292. The summed E-state index contributed by atoms with van der Waals surface area (Å²) < 4.78 is 11.6. The Hall–Kier alpha value is -4.17. The van der Waals surface area contributed by atoms with Gasteiger partial charge in [-0.3, -0.25) is 9.59 Å². The average Bonchev–Trinajstić information content (AvgIpc) is 3.30. The Balaban J connectivity index is 1.44. The van der Waals surface area contributed by atoms with E-state index in [4.69, 9.17) is 9.47 Å². The second-order valence-corrected chi connectivity index (χ2v) is 10.4. The normalized spacial score (nSPS) is 15.2. The van der Waals surface area contributed by atoms with Crippen LogP contribution < -0.4 is 10.6 Å². The molecule has 3 N–H and O–H groups in total. The van der Waals surface area contributed by atoms with Gasteiger partial charge in [-0.2, -0.15) is 0 Å². The molecule has 0 fully saturated rings.